The van der Waals surface area contributed by atoms with Crippen LogP contribution in [0, 0.1) is 0 Å². The second-order valence-corrected chi connectivity index (χ2v) is 7.12. The van der Waals surface area contributed by atoms with Gasteiger partial charge in [-0.25, -0.2) is 5.43 Å². The Labute approximate surface area is 148 Å². The van der Waals surface area contributed by atoms with Crippen LogP contribution in [0.25, 0.3) is 0 Å². The summed E-state index contributed by atoms with van der Waals surface area (Å²) in [5, 5.41) is 4.94. The van der Waals surface area contributed by atoms with Crippen LogP contribution in [0.1, 0.15) is 55.6 Å². The van der Waals surface area contributed by atoms with E-state index in [-0.39, 0.29) is 11.3 Å². The Kier molecular flexibility index (Phi) is 5.79. The summed E-state index contributed by atoms with van der Waals surface area (Å²) < 4.78 is 0. The van der Waals surface area contributed by atoms with Crippen molar-refractivity contribution in [2.75, 3.05) is 0 Å². The Morgan fingerprint density at radius 2 is 1.54 bits per heavy atom. The molecule has 0 saturated heterocycles. The predicted octanol–water partition coefficient (Wildman–Crippen LogP) is 5.18. The van der Waals surface area contributed by atoms with Crippen LogP contribution in [0.2, 0.25) is 5.02 Å². The van der Waals surface area contributed by atoms with Gasteiger partial charge < -0.3 is 0 Å². The molecule has 0 aliphatic heterocycles. The van der Waals surface area contributed by atoms with Crippen molar-refractivity contribution in [3.05, 3.63) is 70.2 Å². The molecule has 4 heteroatoms. The van der Waals surface area contributed by atoms with Crippen molar-refractivity contribution in [2.24, 2.45) is 5.10 Å². The van der Waals surface area contributed by atoms with Gasteiger partial charge in [0.2, 0.25) is 0 Å². The molecule has 126 valence electrons. The van der Waals surface area contributed by atoms with Crippen LogP contribution >= 0.6 is 11.6 Å². The largest absolute Gasteiger partial charge is 0.271 e. The molecule has 0 heterocycles. The van der Waals surface area contributed by atoms with E-state index in [0.29, 0.717) is 17.0 Å². The molecular weight excluding hydrogens is 320 g/mol. The minimum atomic E-state index is -0.213. The molecule has 0 spiro atoms. The number of hydrazone groups is 1. The predicted molar refractivity (Wildman–Crippen MR) is 101 cm³/mol. The maximum absolute atomic E-state index is 12.3. The van der Waals surface area contributed by atoms with E-state index >= 15 is 0 Å². The van der Waals surface area contributed by atoms with Gasteiger partial charge in [-0.05, 0) is 47.2 Å². The number of halogens is 1. The van der Waals surface area contributed by atoms with Crippen LogP contribution in [0.15, 0.2) is 53.6 Å². The summed E-state index contributed by atoms with van der Waals surface area (Å²) in [5.41, 5.74) is 6.25. The molecule has 2 aromatic carbocycles. The van der Waals surface area contributed by atoms with Gasteiger partial charge >= 0.3 is 0 Å². The Morgan fingerprint density at radius 3 is 2.04 bits per heavy atom. The lowest BCUT2D eigenvalue weighted by Gasteiger charge is -2.18. The van der Waals surface area contributed by atoms with E-state index in [2.05, 4.69) is 31.3 Å². The standard InChI is InChI=1S/C20H23ClN2O/c1-5-18(14-8-12-17(21)13-9-14)22-23-19(24)15-6-10-16(11-7-15)20(2,3)4/h6-13H,5H2,1-4H3,(H,23,24)/b22-18-. The molecule has 2 rings (SSSR count). The Bertz CT molecular complexity index is 726. The van der Waals surface area contributed by atoms with Gasteiger partial charge in [0.15, 0.2) is 0 Å². The number of hydrogen-bond donors (Lipinski definition) is 1. The maximum atomic E-state index is 12.3. The minimum absolute atomic E-state index is 0.0666. The van der Waals surface area contributed by atoms with Crippen LogP contribution in [-0.4, -0.2) is 11.6 Å². The fourth-order valence-corrected chi connectivity index (χ4v) is 2.42. The van der Waals surface area contributed by atoms with Gasteiger partial charge in [0.25, 0.3) is 5.91 Å². The average Bonchev–Trinajstić information content (AvgIpc) is 2.56. The van der Waals surface area contributed by atoms with Crippen molar-refractivity contribution in [1.82, 2.24) is 5.43 Å². The normalized spacial score (nSPS) is 12.1. The molecule has 0 bridgehead atoms. The SMILES string of the molecule is CC/C(=N/NC(=O)c1ccc(C(C)(C)C)cc1)c1ccc(Cl)cc1. The molecule has 2 aromatic rings. The first-order valence-corrected chi connectivity index (χ1v) is 8.42. The fourth-order valence-electron chi connectivity index (χ4n) is 2.29. The van der Waals surface area contributed by atoms with Gasteiger partial charge in [0.1, 0.15) is 0 Å². The van der Waals surface area contributed by atoms with Crippen LogP contribution in [-0.2, 0) is 5.41 Å². The molecule has 0 aliphatic carbocycles. The summed E-state index contributed by atoms with van der Waals surface area (Å²) in [7, 11) is 0. The van der Waals surface area contributed by atoms with Crippen LogP contribution in [0.5, 0.6) is 0 Å². The first-order valence-electron chi connectivity index (χ1n) is 8.04. The number of amides is 1. The average molecular weight is 343 g/mol. The molecule has 0 atom stereocenters. The summed E-state index contributed by atoms with van der Waals surface area (Å²) in [4.78, 5) is 12.3. The number of hydrogen-bond acceptors (Lipinski definition) is 2. The zero-order valence-corrected chi connectivity index (χ0v) is 15.3. The summed E-state index contributed by atoms with van der Waals surface area (Å²) in [6.45, 7) is 8.43. The van der Waals surface area contributed by atoms with Gasteiger partial charge in [-0.15, -0.1) is 0 Å². The molecule has 1 N–H and O–H groups in total. The number of benzene rings is 2. The summed E-state index contributed by atoms with van der Waals surface area (Å²) in [6, 6.07) is 15.1. The third-order valence-electron chi connectivity index (χ3n) is 3.82. The van der Waals surface area contributed by atoms with Crippen molar-refractivity contribution >= 4 is 23.2 Å². The van der Waals surface area contributed by atoms with Crippen molar-refractivity contribution in [3.8, 4) is 0 Å². The fraction of sp³-hybridized carbons (Fsp3) is 0.300. The van der Waals surface area contributed by atoms with Crippen molar-refractivity contribution in [1.29, 1.82) is 0 Å². The molecule has 3 nitrogen and oxygen atoms in total. The van der Waals surface area contributed by atoms with Crippen LogP contribution < -0.4 is 5.43 Å². The molecule has 0 fully saturated rings. The summed E-state index contributed by atoms with van der Waals surface area (Å²) in [5.74, 6) is -0.213. The van der Waals surface area contributed by atoms with Gasteiger partial charge in [0, 0.05) is 10.6 Å². The Balaban J connectivity index is 2.11. The number of carbonyl (C=O) groups is 1. The highest BCUT2D eigenvalue weighted by molar-refractivity contribution is 6.30. The molecule has 0 radical (unpaired) electrons. The molecule has 1 amide bonds. The van der Waals surface area contributed by atoms with Crippen LogP contribution in [0.3, 0.4) is 0 Å². The molecule has 0 aromatic heterocycles. The summed E-state index contributed by atoms with van der Waals surface area (Å²) in [6.07, 6.45) is 0.713. The minimum Gasteiger partial charge on any atom is -0.267 e. The van der Waals surface area contributed by atoms with E-state index in [4.69, 9.17) is 11.6 Å². The number of carbonyl (C=O) groups excluding carboxylic acids is 1. The second-order valence-electron chi connectivity index (χ2n) is 6.69. The topological polar surface area (TPSA) is 41.5 Å². The lowest BCUT2D eigenvalue weighted by atomic mass is 9.87. The molecule has 0 saturated carbocycles. The van der Waals surface area contributed by atoms with E-state index in [9.17, 15) is 4.79 Å². The van der Waals surface area contributed by atoms with Crippen molar-refractivity contribution in [2.45, 2.75) is 39.5 Å². The zero-order valence-electron chi connectivity index (χ0n) is 14.6. The number of nitrogens with one attached hydrogen (secondary N) is 1. The number of rotatable bonds is 4. The molecule has 0 unspecified atom stereocenters. The van der Waals surface area contributed by atoms with E-state index in [1.807, 2.05) is 55.5 Å². The maximum Gasteiger partial charge on any atom is 0.271 e. The monoisotopic (exact) mass is 342 g/mol. The van der Waals surface area contributed by atoms with Gasteiger partial charge in [-0.3, -0.25) is 4.79 Å². The molecule has 24 heavy (non-hydrogen) atoms. The highest BCUT2D eigenvalue weighted by atomic mass is 35.5. The van der Waals surface area contributed by atoms with E-state index in [0.717, 1.165) is 11.3 Å². The lowest BCUT2D eigenvalue weighted by Crippen LogP contribution is -2.20. The van der Waals surface area contributed by atoms with E-state index < -0.39 is 0 Å². The van der Waals surface area contributed by atoms with Gasteiger partial charge in [-0.1, -0.05) is 63.6 Å². The highest BCUT2D eigenvalue weighted by Gasteiger charge is 2.14. The van der Waals surface area contributed by atoms with Gasteiger partial charge in [-0.2, -0.15) is 5.10 Å². The smallest absolute Gasteiger partial charge is 0.267 e. The Morgan fingerprint density at radius 1 is 1.00 bits per heavy atom. The highest BCUT2D eigenvalue weighted by Crippen LogP contribution is 2.22. The Hall–Kier alpha value is -2.13. The third-order valence-corrected chi connectivity index (χ3v) is 4.07. The number of nitrogens with zero attached hydrogens (tertiary/aromatic N) is 1. The summed E-state index contributed by atoms with van der Waals surface area (Å²) >= 11 is 5.90. The third kappa shape index (κ3) is 4.68. The zero-order chi connectivity index (χ0) is 17.7. The first-order chi connectivity index (χ1) is 11.3. The van der Waals surface area contributed by atoms with E-state index in [1.54, 1.807) is 0 Å². The first kappa shape index (κ1) is 18.2. The van der Waals surface area contributed by atoms with Crippen LogP contribution in [0.4, 0.5) is 0 Å². The molecule has 0 aliphatic rings. The van der Waals surface area contributed by atoms with E-state index in [1.165, 1.54) is 5.56 Å². The lowest BCUT2D eigenvalue weighted by molar-refractivity contribution is 0.0954. The van der Waals surface area contributed by atoms with Crippen molar-refractivity contribution in [3.63, 3.8) is 0 Å². The van der Waals surface area contributed by atoms with Gasteiger partial charge in [0.05, 0.1) is 5.71 Å². The second kappa shape index (κ2) is 7.63. The molecular formula is C20H23ClN2O. The van der Waals surface area contributed by atoms with Crippen molar-refractivity contribution < 1.29 is 4.79 Å². The quantitative estimate of drug-likeness (QED) is 0.603.